The van der Waals surface area contributed by atoms with Crippen LogP contribution >= 0.6 is 0 Å². The molecule has 18 heavy (non-hydrogen) atoms. The van der Waals surface area contributed by atoms with E-state index in [0.717, 1.165) is 0 Å². The molecule has 0 heterocycles. The predicted molar refractivity (Wildman–Crippen MR) is 66.5 cm³/mol. The van der Waals surface area contributed by atoms with Crippen LogP contribution in [0.3, 0.4) is 0 Å². The average molecular weight is 251 g/mol. The summed E-state index contributed by atoms with van der Waals surface area (Å²) in [6.45, 7) is 1.82. The molecule has 98 valence electrons. The molecule has 0 fully saturated rings. The molecule has 5 nitrogen and oxygen atoms in total. The molecule has 0 spiro atoms. The number of benzene rings is 1. The molecule has 1 aromatic carbocycles. The summed E-state index contributed by atoms with van der Waals surface area (Å²) in [5.74, 6) is 0.192. The molecule has 0 aliphatic carbocycles. The molecule has 0 bridgehead atoms. The van der Waals surface area contributed by atoms with Gasteiger partial charge in [0.25, 0.3) is 0 Å². The molecular weight excluding hydrogens is 234 g/mol. The first kappa shape index (κ1) is 14.2. The first-order chi connectivity index (χ1) is 8.54. The molecule has 1 rings (SSSR count). The molecule has 5 heteroatoms. The van der Waals surface area contributed by atoms with Gasteiger partial charge < -0.3 is 15.2 Å². The summed E-state index contributed by atoms with van der Waals surface area (Å²) in [6.07, 6.45) is 0.376. The van der Waals surface area contributed by atoms with Gasteiger partial charge >= 0.3 is 5.97 Å². The van der Waals surface area contributed by atoms with Crippen LogP contribution in [0, 0.1) is 0 Å². The third-order valence-corrected chi connectivity index (χ3v) is 2.46. The number of carbonyl (C=O) groups excluding carboxylic acids is 2. The molecule has 0 aliphatic rings. The third kappa shape index (κ3) is 4.18. The maximum Gasteiger partial charge on any atom is 0.322 e. The van der Waals surface area contributed by atoms with Gasteiger partial charge in [-0.15, -0.1) is 0 Å². The minimum Gasteiger partial charge on any atom is -0.494 e. The quantitative estimate of drug-likeness (QED) is 0.606. The van der Waals surface area contributed by atoms with E-state index in [1.807, 2.05) is 0 Å². The summed E-state index contributed by atoms with van der Waals surface area (Å²) in [5.41, 5.74) is 6.19. The van der Waals surface area contributed by atoms with Crippen LogP contribution in [-0.4, -0.2) is 31.5 Å². The molecule has 2 N–H and O–H groups in total. The SMILES string of the molecule is COC(=O)C(N)CCOc1ccc(C(C)=O)cc1. The molecule has 0 saturated heterocycles. The fraction of sp³-hybridized carbons (Fsp3) is 0.385. The van der Waals surface area contributed by atoms with E-state index >= 15 is 0 Å². The van der Waals surface area contributed by atoms with Crippen molar-refractivity contribution in [3.8, 4) is 5.75 Å². The van der Waals surface area contributed by atoms with Gasteiger partial charge in [0, 0.05) is 12.0 Å². The highest BCUT2D eigenvalue weighted by molar-refractivity contribution is 5.94. The Balaban J connectivity index is 2.40. The maximum atomic E-state index is 11.1. The van der Waals surface area contributed by atoms with Crippen molar-refractivity contribution in [3.63, 3.8) is 0 Å². The normalized spacial score (nSPS) is 11.7. The number of Topliss-reactive ketones (excluding diaryl/α,β-unsaturated/α-hetero) is 1. The predicted octanol–water partition coefficient (Wildman–Crippen LogP) is 1.16. The van der Waals surface area contributed by atoms with E-state index in [-0.39, 0.29) is 5.78 Å². The van der Waals surface area contributed by atoms with Crippen molar-refractivity contribution in [3.05, 3.63) is 29.8 Å². The number of hydrogen-bond acceptors (Lipinski definition) is 5. The second-order valence-corrected chi connectivity index (χ2v) is 3.85. The van der Waals surface area contributed by atoms with Gasteiger partial charge in [-0.25, -0.2) is 0 Å². The lowest BCUT2D eigenvalue weighted by atomic mass is 10.1. The Morgan fingerprint density at radius 1 is 1.28 bits per heavy atom. The van der Waals surface area contributed by atoms with Gasteiger partial charge in [0.1, 0.15) is 11.8 Å². The van der Waals surface area contributed by atoms with Crippen molar-refractivity contribution in [1.82, 2.24) is 0 Å². The van der Waals surface area contributed by atoms with Crippen LogP contribution < -0.4 is 10.5 Å². The van der Waals surface area contributed by atoms with Gasteiger partial charge in [0.05, 0.1) is 13.7 Å². The standard InChI is InChI=1S/C13H17NO4/c1-9(15)10-3-5-11(6-4-10)18-8-7-12(14)13(16)17-2/h3-6,12H,7-8,14H2,1-2H3. The van der Waals surface area contributed by atoms with Gasteiger partial charge in [-0.2, -0.15) is 0 Å². The van der Waals surface area contributed by atoms with E-state index < -0.39 is 12.0 Å². The number of rotatable bonds is 6. The highest BCUT2D eigenvalue weighted by atomic mass is 16.5. The topological polar surface area (TPSA) is 78.6 Å². The Morgan fingerprint density at radius 3 is 2.39 bits per heavy atom. The number of ether oxygens (including phenoxy) is 2. The lowest BCUT2D eigenvalue weighted by Gasteiger charge is -2.10. The lowest BCUT2D eigenvalue weighted by molar-refractivity contribution is -0.142. The van der Waals surface area contributed by atoms with E-state index in [1.54, 1.807) is 24.3 Å². The molecule has 0 aromatic heterocycles. The second-order valence-electron chi connectivity index (χ2n) is 3.85. The Morgan fingerprint density at radius 2 is 1.89 bits per heavy atom. The van der Waals surface area contributed by atoms with E-state index in [1.165, 1.54) is 14.0 Å². The van der Waals surface area contributed by atoms with Crippen LogP contribution in [0.5, 0.6) is 5.75 Å². The average Bonchev–Trinajstić information content (AvgIpc) is 2.38. The number of carbonyl (C=O) groups is 2. The highest BCUT2D eigenvalue weighted by Gasteiger charge is 2.13. The number of nitrogens with two attached hydrogens (primary N) is 1. The van der Waals surface area contributed by atoms with Crippen molar-refractivity contribution >= 4 is 11.8 Å². The monoisotopic (exact) mass is 251 g/mol. The van der Waals surface area contributed by atoms with Crippen LogP contribution in [0.1, 0.15) is 23.7 Å². The van der Waals surface area contributed by atoms with Crippen molar-refractivity contribution in [1.29, 1.82) is 0 Å². The molecule has 0 radical (unpaired) electrons. The van der Waals surface area contributed by atoms with Gasteiger partial charge in [0.15, 0.2) is 5.78 Å². The molecule has 0 aliphatic heterocycles. The first-order valence-electron chi connectivity index (χ1n) is 5.62. The van der Waals surface area contributed by atoms with Crippen molar-refractivity contribution in [2.24, 2.45) is 5.73 Å². The zero-order valence-electron chi connectivity index (χ0n) is 10.5. The van der Waals surface area contributed by atoms with Crippen LogP contribution in [-0.2, 0) is 9.53 Å². The molecular formula is C13H17NO4. The summed E-state index contributed by atoms with van der Waals surface area (Å²) in [5, 5.41) is 0. The summed E-state index contributed by atoms with van der Waals surface area (Å²) < 4.78 is 9.91. The maximum absolute atomic E-state index is 11.1. The van der Waals surface area contributed by atoms with E-state index in [2.05, 4.69) is 4.74 Å². The lowest BCUT2D eigenvalue weighted by Crippen LogP contribution is -2.33. The smallest absolute Gasteiger partial charge is 0.322 e. The van der Waals surface area contributed by atoms with E-state index in [9.17, 15) is 9.59 Å². The van der Waals surface area contributed by atoms with Gasteiger partial charge in [0.2, 0.25) is 0 Å². The molecule has 1 aromatic rings. The third-order valence-electron chi connectivity index (χ3n) is 2.46. The van der Waals surface area contributed by atoms with Crippen molar-refractivity contribution in [2.75, 3.05) is 13.7 Å². The number of methoxy groups -OCH3 is 1. The minimum atomic E-state index is -0.675. The van der Waals surface area contributed by atoms with E-state index in [0.29, 0.717) is 24.3 Å². The Labute approximate surface area is 106 Å². The summed E-state index contributed by atoms with van der Waals surface area (Å²) >= 11 is 0. The Kier molecular flexibility index (Phi) is 5.32. The van der Waals surface area contributed by atoms with Crippen LogP contribution in [0.2, 0.25) is 0 Å². The van der Waals surface area contributed by atoms with Crippen molar-refractivity contribution < 1.29 is 19.1 Å². The number of esters is 1. The van der Waals surface area contributed by atoms with Gasteiger partial charge in [-0.3, -0.25) is 9.59 Å². The van der Waals surface area contributed by atoms with Gasteiger partial charge in [-0.05, 0) is 31.2 Å². The van der Waals surface area contributed by atoms with Crippen molar-refractivity contribution in [2.45, 2.75) is 19.4 Å². The fourth-order valence-electron chi connectivity index (χ4n) is 1.36. The zero-order valence-corrected chi connectivity index (χ0v) is 10.5. The first-order valence-corrected chi connectivity index (χ1v) is 5.62. The minimum absolute atomic E-state index is 0.00858. The molecule has 0 amide bonds. The summed E-state index contributed by atoms with van der Waals surface area (Å²) in [7, 11) is 1.30. The van der Waals surface area contributed by atoms with Crippen LogP contribution in [0.15, 0.2) is 24.3 Å². The highest BCUT2D eigenvalue weighted by Crippen LogP contribution is 2.13. The molecule has 0 saturated carbocycles. The van der Waals surface area contributed by atoms with Gasteiger partial charge in [-0.1, -0.05) is 0 Å². The fourth-order valence-corrected chi connectivity index (χ4v) is 1.36. The number of hydrogen-bond donors (Lipinski definition) is 1. The van der Waals surface area contributed by atoms with Crippen LogP contribution in [0.4, 0.5) is 0 Å². The number of ketones is 1. The second kappa shape index (κ2) is 6.76. The Bertz CT molecular complexity index is 414. The summed E-state index contributed by atoms with van der Waals surface area (Å²) in [4.78, 5) is 22.1. The zero-order chi connectivity index (χ0) is 13.5. The Hall–Kier alpha value is -1.88. The molecule has 1 atom stereocenters. The largest absolute Gasteiger partial charge is 0.494 e. The van der Waals surface area contributed by atoms with Crippen LogP contribution in [0.25, 0.3) is 0 Å². The van der Waals surface area contributed by atoms with E-state index in [4.69, 9.17) is 10.5 Å². The molecule has 1 unspecified atom stereocenters. The summed E-state index contributed by atoms with van der Waals surface area (Å²) in [6, 6.07) is 6.13.